The van der Waals surface area contributed by atoms with Crippen molar-refractivity contribution in [3.8, 4) is 5.75 Å². The summed E-state index contributed by atoms with van der Waals surface area (Å²) in [6.07, 6.45) is 16.3. The molecule has 1 nitrogen and oxygen atoms in total. The predicted octanol–water partition coefficient (Wildman–Crippen LogP) is 9.25. The maximum atomic E-state index is 10.2. The second kappa shape index (κ2) is 12.8. The van der Waals surface area contributed by atoms with Gasteiger partial charge in [-0.1, -0.05) is 34.9 Å². The predicted molar refractivity (Wildman–Crippen MR) is 143 cm³/mol. The number of rotatable bonds is 11. The van der Waals surface area contributed by atoms with Gasteiger partial charge in [0.2, 0.25) is 0 Å². The van der Waals surface area contributed by atoms with Gasteiger partial charge in [-0.2, -0.15) is 0 Å². The van der Waals surface area contributed by atoms with Crippen LogP contribution in [0.1, 0.15) is 91.2 Å². The monoisotopic (exact) mass is 458 g/mol. The van der Waals surface area contributed by atoms with Crippen molar-refractivity contribution in [1.82, 2.24) is 0 Å². The molecule has 0 saturated heterocycles. The Hall–Kier alpha value is -1.06. The molecule has 0 aliphatic heterocycles. The summed E-state index contributed by atoms with van der Waals surface area (Å²) in [6.45, 7) is 13.5. The van der Waals surface area contributed by atoms with Crippen LogP contribution in [0.2, 0.25) is 0 Å². The van der Waals surface area contributed by atoms with Crippen molar-refractivity contribution in [1.29, 1.82) is 0 Å². The minimum atomic E-state index is 0.111. The number of allylic oxidation sites excluding steroid dienone is 5. The lowest BCUT2D eigenvalue weighted by Crippen LogP contribution is -2.12. The van der Waals surface area contributed by atoms with E-state index in [1.165, 1.54) is 52.0 Å². The van der Waals surface area contributed by atoms with Crippen LogP contribution in [0.3, 0.4) is 0 Å². The third-order valence-corrected chi connectivity index (χ3v) is 8.53. The highest BCUT2D eigenvalue weighted by atomic mass is 32.2. The average molecular weight is 459 g/mol. The van der Waals surface area contributed by atoms with Gasteiger partial charge in [0.05, 0.1) is 4.08 Å². The van der Waals surface area contributed by atoms with Gasteiger partial charge in [-0.25, -0.2) is 0 Å². The van der Waals surface area contributed by atoms with Crippen molar-refractivity contribution in [2.24, 2.45) is 0 Å². The second-order valence-electron chi connectivity index (χ2n) is 9.52. The molecule has 0 saturated carbocycles. The van der Waals surface area contributed by atoms with E-state index in [0.29, 0.717) is 5.75 Å². The molecule has 0 spiro atoms. The number of phenols is 1. The molecule has 1 aliphatic carbocycles. The van der Waals surface area contributed by atoms with Crippen LogP contribution < -0.4 is 0 Å². The molecule has 0 heterocycles. The van der Waals surface area contributed by atoms with Crippen molar-refractivity contribution in [2.75, 3.05) is 5.75 Å². The second-order valence-corrected chi connectivity index (χ2v) is 13.1. The summed E-state index contributed by atoms with van der Waals surface area (Å²) in [5, 5.41) is 10.2. The molecule has 31 heavy (non-hydrogen) atoms. The van der Waals surface area contributed by atoms with Gasteiger partial charge in [0, 0.05) is 10.6 Å². The van der Waals surface area contributed by atoms with Gasteiger partial charge in [0.25, 0.3) is 0 Å². The maximum absolute atomic E-state index is 10.2. The molecule has 0 radical (unpaired) electrons. The molecule has 3 heteroatoms. The molecule has 2 rings (SSSR count). The molecular weight excluding hydrogens is 416 g/mol. The first-order valence-electron chi connectivity index (χ1n) is 11.8. The Labute approximate surface area is 199 Å². The molecular formula is C28H42OS2. The molecule has 0 fully saturated rings. The third kappa shape index (κ3) is 9.53. The molecule has 172 valence electrons. The minimum Gasteiger partial charge on any atom is -0.508 e. The summed E-state index contributed by atoms with van der Waals surface area (Å²) >= 11 is 3.97. The Kier molecular flexibility index (Phi) is 10.9. The van der Waals surface area contributed by atoms with Crippen LogP contribution in [0.25, 0.3) is 0 Å². The van der Waals surface area contributed by atoms with Gasteiger partial charge in [-0.15, -0.1) is 23.5 Å². The molecule has 1 aromatic rings. The molecule has 1 aromatic carbocycles. The molecule has 0 bridgehead atoms. The highest BCUT2D eigenvalue weighted by Crippen LogP contribution is 2.45. The van der Waals surface area contributed by atoms with Crippen LogP contribution in [0.5, 0.6) is 5.75 Å². The Balaban J connectivity index is 1.81. The molecule has 1 aliphatic rings. The van der Waals surface area contributed by atoms with E-state index in [9.17, 15) is 5.11 Å². The fourth-order valence-electron chi connectivity index (χ4n) is 3.93. The topological polar surface area (TPSA) is 20.2 Å². The molecule has 0 unspecified atom stereocenters. The van der Waals surface area contributed by atoms with E-state index >= 15 is 0 Å². The van der Waals surface area contributed by atoms with Gasteiger partial charge in [-0.3, -0.25) is 0 Å². The lowest BCUT2D eigenvalue weighted by atomic mass is 9.91. The summed E-state index contributed by atoms with van der Waals surface area (Å²) in [6, 6.07) is 4.02. The smallest absolute Gasteiger partial charge is 0.119 e. The fraction of sp³-hybridized carbons (Fsp3) is 0.571. The van der Waals surface area contributed by atoms with E-state index in [1.54, 1.807) is 0 Å². The first kappa shape index (κ1) is 26.2. The number of thioether (sulfide) groups is 2. The quantitative estimate of drug-likeness (QED) is 0.203. The molecule has 0 aromatic heterocycles. The Morgan fingerprint density at radius 1 is 0.903 bits per heavy atom. The van der Waals surface area contributed by atoms with Crippen LogP contribution in [-0.4, -0.2) is 14.9 Å². The van der Waals surface area contributed by atoms with Crippen LogP contribution in [0.4, 0.5) is 0 Å². The zero-order valence-corrected chi connectivity index (χ0v) is 22.1. The zero-order valence-electron chi connectivity index (χ0n) is 20.5. The van der Waals surface area contributed by atoms with E-state index in [2.05, 4.69) is 65.8 Å². The Morgan fingerprint density at radius 3 is 2.19 bits per heavy atom. The van der Waals surface area contributed by atoms with E-state index in [-0.39, 0.29) is 4.08 Å². The maximum Gasteiger partial charge on any atom is 0.119 e. The van der Waals surface area contributed by atoms with Crippen LogP contribution in [-0.2, 0) is 12.8 Å². The number of fused-ring (bicyclic) bond motifs is 1. The van der Waals surface area contributed by atoms with Gasteiger partial charge < -0.3 is 5.11 Å². The average Bonchev–Trinajstić information content (AvgIpc) is 2.70. The van der Waals surface area contributed by atoms with Gasteiger partial charge >= 0.3 is 0 Å². The SMILES string of the molecule is CC(C)=CCCC(C)=CCCC(C)=CCSC(C)(C)Sc1ccc(O)c2c1CCCC2. The standard InChI is InChI=1S/C28H42OS2/c1-21(2)11-9-12-22(3)13-10-14-23(4)19-20-30-28(5,6)31-27-18-17-26(29)24-15-7-8-16-25(24)27/h11,13,17-19,29H,7-10,12,14-16,20H2,1-6H3. The van der Waals surface area contributed by atoms with Crippen molar-refractivity contribution in [2.45, 2.75) is 102 Å². The van der Waals surface area contributed by atoms with Crippen LogP contribution >= 0.6 is 23.5 Å². The number of aromatic hydroxyl groups is 1. The summed E-state index contributed by atoms with van der Waals surface area (Å²) in [4.78, 5) is 1.36. The van der Waals surface area contributed by atoms with Crippen LogP contribution in [0, 0.1) is 0 Å². The summed E-state index contributed by atoms with van der Waals surface area (Å²) in [5.74, 6) is 1.54. The molecule has 0 amide bonds. The third-order valence-electron chi connectivity index (χ3n) is 5.81. The highest BCUT2D eigenvalue weighted by Gasteiger charge is 2.24. The van der Waals surface area contributed by atoms with Crippen molar-refractivity contribution in [3.63, 3.8) is 0 Å². The largest absolute Gasteiger partial charge is 0.508 e. The van der Waals surface area contributed by atoms with Crippen molar-refractivity contribution < 1.29 is 5.11 Å². The van der Waals surface area contributed by atoms with Crippen molar-refractivity contribution >= 4 is 23.5 Å². The van der Waals surface area contributed by atoms with Crippen LogP contribution in [0.15, 0.2) is 52.0 Å². The summed E-state index contributed by atoms with van der Waals surface area (Å²) in [7, 11) is 0. The zero-order chi connectivity index (χ0) is 22.9. The van der Waals surface area contributed by atoms with Gasteiger partial charge in [-0.05, 0) is 116 Å². The number of benzene rings is 1. The number of hydrogen-bond donors (Lipinski definition) is 1. The molecule has 0 atom stereocenters. The molecule has 1 N–H and O–H groups in total. The Morgan fingerprint density at radius 2 is 1.52 bits per heavy atom. The van der Waals surface area contributed by atoms with Gasteiger partial charge in [0.15, 0.2) is 0 Å². The van der Waals surface area contributed by atoms with E-state index in [1.807, 2.05) is 29.6 Å². The first-order chi connectivity index (χ1) is 14.7. The highest BCUT2D eigenvalue weighted by molar-refractivity contribution is 8.18. The normalized spacial score (nSPS) is 15.0. The lowest BCUT2D eigenvalue weighted by Gasteiger charge is -2.27. The van der Waals surface area contributed by atoms with E-state index in [4.69, 9.17) is 0 Å². The Bertz CT molecular complexity index is 811. The number of hydrogen-bond acceptors (Lipinski definition) is 3. The fourth-order valence-corrected chi connectivity index (χ4v) is 6.42. The minimum absolute atomic E-state index is 0.111. The summed E-state index contributed by atoms with van der Waals surface area (Å²) in [5.41, 5.74) is 6.99. The van der Waals surface area contributed by atoms with Crippen molar-refractivity contribution in [3.05, 3.63) is 58.2 Å². The van der Waals surface area contributed by atoms with Gasteiger partial charge in [0.1, 0.15) is 5.75 Å². The lowest BCUT2D eigenvalue weighted by molar-refractivity contribution is 0.460. The number of phenolic OH excluding ortho intramolecular Hbond substituents is 1. The summed E-state index contributed by atoms with van der Waals surface area (Å²) < 4.78 is 0.111. The van der Waals surface area contributed by atoms with E-state index < -0.39 is 0 Å². The van der Waals surface area contributed by atoms with E-state index in [0.717, 1.165) is 37.9 Å². The first-order valence-corrected chi connectivity index (χ1v) is 13.6.